The molecule has 0 spiro atoms. The quantitative estimate of drug-likeness (QED) is 0.0623. The molecular formula is C38H50N8O6. The van der Waals surface area contributed by atoms with E-state index in [4.69, 9.17) is 30.9 Å². The molecule has 4 atom stereocenters. The molecule has 8 N–H and O–H groups in total. The van der Waals surface area contributed by atoms with Crippen LogP contribution in [0.25, 0.3) is 33.6 Å². The number of esters is 2. The first-order valence-electron chi connectivity index (χ1n) is 17.4. The molecule has 0 saturated heterocycles. The van der Waals surface area contributed by atoms with Gasteiger partial charge in [-0.25, -0.2) is 29.1 Å². The maximum Gasteiger partial charge on any atom is 0.412 e. The fraction of sp³-hybridized carbons (Fsp3) is 0.421. The first-order valence-corrected chi connectivity index (χ1v) is 17.4. The highest BCUT2D eigenvalue weighted by atomic mass is 16.6. The van der Waals surface area contributed by atoms with E-state index in [1.54, 1.807) is 12.4 Å². The standard InChI is InChI=1S/C38H50N8O6/c1-19(2)29(45-31(21(5)6)35(47)51-37(39)49)33-41-17-26(43-33)25-16-12-15-24(23-13-10-9-11-14-23)28(25)27-18-42-34(44-27)30(20(3)4)46-32(22(7)8)36(48)52-38(40)50/h9-22,29-32,45-46H,1-8H3,(H2,39,49)(H2,40,50)(H,41,43)(H,42,44)/t29-,30-,31+,32+/m1/s1. The van der Waals surface area contributed by atoms with Crippen LogP contribution >= 0.6 is 0 Å². The van der Waals surface area contributed by atoms with Gasteiger partial charge >= 0.3 is 24.1 Å². The number of benzene rings is 2. The van der Waals surface area contributed by atoms with E-state index < -0.39 is 48.3 Å². The van der Waals surface area contributed by atoms with Crippen molar-refractivity contribution in [3.8, 4) is 33.6 Å². The topological polar surface area (TPSA) is 220 Å². The molecule has 14 heteroatoms. The minimum atomic E-state index is -1.16. The zero-order valence-corrected chi connectivity index (χ0v) is 30.9. The molecule has 2 aromatic heterocycles. The summed E-state index contributed by atoms with van der Waals surface area (Å²) in [5, 5.41) is 6.67. The van der Waals surface area contributed by atoms with E-state index in [1.165, 1.54) is 0 Å². The predicted molar refractivity (Wildman–Crippen MR) is 197 cm³/mol. The van der Waals surface area contributed by atoms with Gasteiger partial charge in [0, 0.05) is 11.1 Å². The van der Waals surface area contributed by atoms with Gasteiger partial charge in [-0.15, -0.1) is 0 Å². The number of primary amides is 2. The normalized spacial score (nSPS) is 14.0. The third-order valence-corrected chi connectivity index (χ3v) is 8.78. The van der Waals surface area contributed by atoms with Crippen molar-refractivity contribution in [3.63, 3.8) is 0 Å². The highest BCUT2D eigenvalue weighted by molar-refractivity contribution is 5.92. The largest absolute Gasteiger partial charge is 0.412 e. The fourth-order valence-corrected chi connectivity index (χ4v) is 6.13. The van der Waals surface area contributed by atoms with Crippen molar-refractivity contribution in [1.29, 1.82) is 0 Å². The number of hydrogen-bond donors (Lipinski definition) is 6. The van der Waals surface area contributed by atoms with Crippen LogP contribution in [-0.2, 0) is 19.1 Å². The Morgan fingerprint density at radius 2 is 1.04 bits per heavy atom. The van der Waals surface area contributed by atoms with Crippen LogP contribution in [0.15, 0.2) is 60.9 Å². The van der Waals surface area contributed by atoms with Crippen LogP contribution in [0, 0.1) is 23.7 Å². The Balaban J connectivity index is 1.80. The van der Waals surface area contributed by atoms with Crippen LogP contribution in [0.3, 0.4) is 0 Å². The maximum atomic E-state index is 12.8. The molecule has 4 aromatic rings. The third kappa shape index (κ3) is 9.50. The lowest BCUT2D eigenvalue weighted by molar-refractivity contribution is -0.142. The number of aromatic nitrogens is 4. The molecule has 0 aliphatic heterocycles. The third-order valence-electron chi connectivity index (χ3n) is 8.78. The molecule has 4 rings (SSSR count). The molecule has 0 aliphatic carbocycles. The molecule has 0 bridgehead atoms. The molecular weight excluding hydrogens is 664 g/mol. The molecule has 0 fully saturated rings. The summed E-state index contributed by atoms with van der Waals surface area (Å²) in [5.74, 6) is -0.782. The second-order valence-corrected chi connectivity index (χ2v) is 14.2. The molecule has 278 valence electrons. The second-order valence-electron chi connectivity index (χ2n) is 14.2. The Hall–Kier alpha value is -5.34. The van der Waals surface area contributed by atoms with Gasteiger partial charge in [0.25, 0.3) is 0 Å². The summed E-state index contributed by atoms with van der Waals surface area (Å²) in [6, 6.07) is 13.5. The second kappa shape index (κ2) is 17.2. The molecule has 0 radical (unpaired) electrons. The molecule has 0 saturated carbocycles. The SMILES string of the molecule is CC(C)[C@H](N[C@@H](c1ncc(-c2cccc(-c3ccccc3)c2-c2cnc([C@H](N[C@H](C(=O)OC(N)=O)C(C)C)C(C)C)[nH]2)[nH]1)C(C)C)C(=O)OC(N)=O. The number of ether oxygens (including phenoxy) is 2. The minimum Gasteiger partial charge on any atom is -0.375 e. The number of carbonyl (C=O) groups excluding carboxylic acids is 4. The highest BCUT2D eigenvalue weighted by Gasteiger charge is 2.33. The summed E-state index contributed by atoms with van der Waals surface area (Å²) in [6.07, 6.45) is 1.19. The average molecular weight is 715 g/mol. The summed E-state index contributed by atoms with van der Waals surface area (Å²) in [5.41, 5.74) is 15.4. The molecule has 2 heterocycles. The van der Waals surface area contributed by atoms with Crippen molar-refractivity contribution in [3.05, 3.63) is 72.6 Å². The molecule has 0 unspecified atom stereocenters. The molecule has 52 heavy (non-hydrogen) atoms. The summed E-state index contributed by atoms with van der Waals surface area (Å²) in [6.45, 7) is 15.4. The summed E-state index contributed by atoms with van der Waals surface area (Å²) >= 11 is 0. The van der Waals surface area contributed by atoms with E-state index in [9.17, 15) is 19.2 Å². The number of amides is 2. The van der Waals surface area contributed by atoms with Crippen molar-refractivity contribution in [2.45, 2.75) is 79.6 Å². The molecule has 14 nitrogen and oxygen atoms in total. The van der Waals surface area contributed by atoms with E-state index in [2.05, 4.69) is 20.6 Å². The zero-order chi connectivity index (χ0) is 38.3. The number of hydrogen-bond acceptors (Lipinski definition) is 10. The van der Waals surface area contributed by atoms with Crippen molar-refractivity contribution < 1.29 is 28.7 Å². The van der Waals surface area contributed by atoms with Crippen LogP contribution in [0.2, 0.25) is 0 Å². The minimum absolute atomic E-state index is 0.0118. The lowest BCUT2D eigenvalue weighted by atomic mass is 9.92. The van der Waals surface area contributed by atoms with Crippen LogP contribution in [-0.4, -0.2) is 56.1 Å². The van der Waals surface area contributed by atoms with Crippen LogP contribution in [0.5, 0.6) is 0 Å². The van der Waals surface area contributed by atoms with Gasteiger partial charge in [-0.1, -0.05) is 104 Å². The Labute approximate surface area is 303 Å². The van der Waals surface area contributed by atoms with Gasteiger partial charge in [0.15, 0.2) is 0 Å². The van der Waals surface area contributed by atoms with Crippen LogP contribution in [0.1, 0.15) is 79.1 Å². The number of carbonyl (C=O) groups is 4. The maximum absolute atomic E-state index is 12.8. The van der Waals surface area contributed by atoms with Crippen molar-refractivity contribution in [2.75, 3.05) is 0 Å². The van der Waals surface area contributed by atoms with E-state index >= 15 is 0 Å². The van der Waals surface area contributed by atoms with Gasteiger partial charge < -0.3 is 30.9 Å². The highest BCUT2D eigenvalue weighted by Crippen LogP contribution is 2.40. The van der Waals surface area contributed by atoms with E-state index in [-0.39, 0.29) is 23.7 Å². The summed E-state index contributed by atoms with van der Waals surface area (Å²) in [4.78, 5) is 64.9. The zero-order valence-electron chi connectivity index (χ0n) is 30.9. The van der Waals surface area contributed by atoms with E-state index in [0.717, 1.165) is 33.6 Å². The van der Waals surface area contributed by atoms with Crippen molar-refractivity contribution in [1.82, 2.24) is 30.6 Å². The summed E-state index contributed by atoms with van der Waals surface area (Å²) in [7, 11) is 0. The van der Waals surface area contributed by atoms with Gasteiger partial charge in [-0.3, -0.25) is 10.6 Å². The Kier molecular flexibility index (Phi) is 13.1. The average Bonchev–Trinajstić information content (AvgIpc) is 3.75. The monoisotopic (exact) mass is 714 g/mol. The predicted octanol–water partition coefficient (Wildman–Crippen LogP) is 6.00. The van der Waals surface area contributed by atoms with Gasteiger partial charge in [0.05, 0.1) is 35.9 Å². The number of nitrogens with zero attached hydrogens (tertiary/aromatic N) is 2. The molecule has 2 amide bonds. The number of H-pyrrole nitrogens is 2. The molecule has 0 aliphatic rings. The first kappa shape index (κ1) is 39.4. The van der Waals surface area contributed by atoms with Gasteiger partial charge in [0.1, 0.15) is 23.7 Å². The fourth-order valence-electron chi connectivity index (χ4n) is 6.13. The van der Waals surface area contributed by atoms with Crippen LogP contribution in [0.4, 0.5) is 9.59 Å². The Morgan fingerprint density at radius 3 is 1.48 bits per heavy atom. The lowest BCUT2D eigenvalue weighted by Gasteiger charge is -2.28. The Morgan fingerprint density at radius 1 is 0.596 bits per heavy atom. The lowest BCUT2D eigenvalue weighted by Crippen LogP contribution is -2.46. The van der Waals surface area contributed by atoms with Crippen molar-refractivity contribution >= 4 is 24.1 Å². The van der Waals surface area contributed by atoms with Crippen LogP contribution < -0.4 is 22.1 Å². The molecule has 2 aromatic carbocycles. The van der Waals surface area contributed by atoms with Crippen molar-refractivity contribution in [2.24, 2.45) is 35.1 Å². The number of rotatable bonds is 15. The van der Waals surface area contributed by atoms with E-state index in [0.29, 0.717) is 11.6 Å². The number of nitrogens with two attached hydrogens (primary N) is 2. The number of nitrogens with one attached hydrogen (secondary N) is 4. The van der Waals surface area contributed by atoms with E-state index in [1.807, 2.05) is 104 Å². The van der Waals surface area contributed by atoms with Gasteiger partial charge in [0.2, 0.25) is 0 Å². The van der Waals surface area contributed by atoms with Gasteiger partial charge in [-0.05, 0) is 34.8 Å². The number of imidazole rings is 2. The smallest absolute Gasteiger partial charge is 0.375 e. The number of aromatic amines is 2. The van der Waals surface area contributed by atoms with Gasteiger partial charge in [-0.2, -0.15) is 0 Å². The Bertz CT molecular complexity index is 1850. The summed E-state index contributed by atoms with van der Waals surface area (Å²) < 4.78 is 9.47. The first-order chi connectivity index (χ1) is 24.6.